The largest absolute Gasteiger partial charge is 0.395 e. The standard InChI is InChI=1S/C11H18N2O2S/c1-8(2)13(4-5-14)11(15)6-10-7-16-9(3)12-10/h7-8,14H,4-6H2,1-3H3. The van der Waals surface area contributed by atoms with E-state index in [2.05, 4.69) is 4.98 Å². The lowest BCUT2D eigenvalue weighted by molar-refractivity contribution is -0.132. The summed E-state index contributed by atoms with van der Waals surface area (Å²) in [6, 6.07) is 0.111. The van der Waals surface area contributed by atoms with E-state index in [-0.39, 0.29) is 18.6 Å². The molecule has 1 aromatic heterocycles. The maximum atomic E-state index is 11.9. The number of aryl methyl sites for hydroxylation is 1. The lowest BCUT2D eigenvalue weighted by Crippen LogP contribution is -2.39. The summed E-state index contributed by atoms with van der Waals surface area (Å²) >= 11 is 1.55. The smallest absolute Gasteiger partial charge is 0.228 e. The van der Waals surface area contributed by atoms with Gasteiger partial charge in [0.2, 0.25) is 5.91 Å². The van der Waals surface area contributed by atoms with Crippen molar-refractivity contribution in [1.29, 1.82) is 0 Å². The summed E-state index contributed by atoms with van der Waals surface area (Å²) in [6.07, 6.45) is 0.322. The molecule has 1 N–H and O–H groups in total. The number of carbonyl (C=O) groups excluding carboxylic acids is 1. The van der Waals surface area contributed by atoms with Crippen LogP contribution >= 0.6 is 11.3 Å². The van der Waals surface area contributed by atoms with Crippen molar-refractivity contribution in [3.8, 4) is 0 Å². The van der Waals surface area contributed by atoms with Crippen molar-refractivity contribution in [2.24, 2.45) is 0 Å². The van der Waals surface area contributed by atoms with Crippen LogP contribution in [0.3, 0.4) is 0 Å². The van der Waals surface area contributed by atoms with Crippen LogP contribution in [0.2, 0.25) is 0 Å². The van der Waals surface area contributed by atoms with Gasteiger partial charge >= 0.3 is 0 Å². The molecule has 0 atom stereocenters. The quantitative estimate of drug-likeness (QED) is 0.844. The average Bonchev–Trinajstić information content (AvgIpc) is 2.59. The van der Waals surface area contributed by atoms with Gasteiger partial charge in [0.1, 0.15) is 0 Å². The summed E-state index contributed by atoms with van der Waals surface area (Å²) in [4.78, 5) is 17.9. The van der Waals surface area contributed by atoms with Crippen molar-refractivity contribution in [3.63, 3.8) is 0 Å². The molecule has 0 fully saturated rings. The van der Waals surface area contributed by atoms with E-state index in [9.17, 15) is 4.79 Å². The van der Waals surface area contributed by atoms with Gasteiger partial charge in [-0.1, -0.05) is 0 Å². The fourth-order valence-electron chi connectivity index (χ4n) is 1.52. The van der Waals surface area contributed by atoms with Crippen LogP contribution < -0.4 is 0 Å². The number of aliphatic hydroxyl groups excluding tert-OH is 1. The van der Waals surface area contributed by atoms with E-state index in [0.29, 0.717) is 13.0 Å². The van der Waals surface area contributed by atoms with E-state index in [4.69, 9.17) is 5.11 Å². The SMILES string of the molecule is Cc1nc(CC(=O)N(CCO)C(C)C)cs1. The van der Waals surface area contributed by atoms with Gasteiger partial charge < -0.3 is 10.0 Å². The molecule has 0 aliphatic carbocycles. The van der Waals surface area contributed by atoms with Crippen molar-refractivity contribution in [1.82, 2.24) is 9.88 Å². The minimum atomic E-state index is 0.0000131. The second-order valence-corrected chi connectivity index (χ2v) is 5.00. The molecule has 5 heteroatoms. The minimum Gasteiger partial charge on any atom is -0.395 e. The normalized spacial score (nSPS) is 10.8. The molecule has 16 heavy (non-hydrogen) atoms. The second-order valence-electron chi connectivity index (χ2n) is 3.94. The van der Waals surface area contributed by atoms with E-state index in [1.807, 2.05) is 26.2 Å². The Kier molecular flexibility index (Phi) is 4.89. The molecule has 1 heterocycles. The zero-order chi connectivity index (χ0) is 12.1. The Balaban J connectivity index is 2.61. The highest BCUT2D eigenvalue weighted by Gasteiger charge is 2.17. The fraction of sp³-hybridized carbons (Fsp3) is 0.636. The average molecular weight is 242 g/mol. The molecule has 0 aliphatic rings. The van der Waals surface area contributed by atoms with Crippen LogP contribution in [0.25, 0.3) is 0 Å². The van der Waals surface area contributed by atoms with Crippen LogP contribution in [-0.4, -0.2) is 40.1 Å². The van der Waals surface area contributed by atoms with Gasteiger partial charge in [-0.3, -0.25) is 4.79 Å². The number of rotatable bonds is 5. The molecule has 0 unspecified atom stereocenters. The first-order valence-corrected chi connectivity index (χ1v) is 6.24. The first-order chi connectivity index (χ1) is 7.54. The number of aromatic nitrogens is 1. The molecule has 0 saturated heterocycles. The topological polar surface area (TPSA) is 53.4 Å². The number of nitrogens with zero attached hydrogens (tertiary/aromatic N) is 2. The van der Waals surface area contributed by atoms with Gasteiger partial charge in [0.15, 0.2) is 0 Å². The number of thiazole rings is 1. The zero-order valence-corrected chi connectivity index (χ0v) is 10.8. The summed E-state index contributed by atoms with van der Waals surface area (Å²) in [5.41, 5.74) is 0.816. The highest BCUT2D eigenvalue weighted by atomic mass is 32.1. The fourth-order valence-corrected chi connectivity index (χ4v) is 2.14. The van der Waals surface area contributed by atoms with Crippen LogP contribution in [0.5, 0.6) is 0 Å². The monoisotopic (exact) mass is 242 g/mol. The van der Waals surface area contributed by atoms with Crippen LogP contribution in [0.15, 0.2) is 5.38 Å². The Morgan fingerprint density at radius 2 is 2.31 bits per heavy atom. The van der Waals surface area contributed by atoms with Crippen LogP contribution in [0, 0.1) is 6.92 Å². The third-order valence-corrected chi connectivity index (χ3v) is 3.11. The van der Waals surface area contributed by atoms with Crippen molar-refractivity contribution in [2.45, 2.75) is 33.2 Å². The third-order valence-electron chi connectivity index (χ3n) is 2.28. The molecule has 0 radical (unpaired) electrons. The summed E-state index contributed by atoms with van der Waals surface area (Å²) in [6.45, 7) is 6.20. The number of hydrogen-bond acceptors (Lipinski definition) is 4. The maximum Gasteiger partial charge on any atom is 0.228 e. The predicted molar refractivity (Wildman–Crippen MR) is 64.5 cm³/mol. The molecule has 1 rings (SSSR count). The van der Waals surface area contributed by atoms with Crippen LogP contribution in [-0.2, 0) is 11.2 Å². The Bertz CT molecular complexity index is 350. The number of carbonyl (C=O) groups is 1. The first-order valence-electron chi connectivity index (χ1n) is 5.36. The molecule has 4 nitrogen and oxygen atoms in total. The first kappa shape index (κ1) is 13.1. The van der Waals surface area contributed by atoms with Gasteiger partial charge in [-0.2, -0.15) is 0 Å². The van der Waals surface area contributed by atoms with Crippen LogP contribution in [0.4, 0.5) is 0 Å². The van der Waals surface area contributed by atoms with Gasteiger partial charge in [-0.25, -0.2) is 4.98 Å². The Labute approximate surface area is 99.9 Å². The molecular formula is C11H18N2O2S. The summed E-state index contributed by atoms with van der Waals surface area (Å²) in [5.74, 6) is 0.0225. The Morgan fingerprint density at radius 3 is 2.75 bits per heavy atom. The number of hydrogen-bond donors (Lipinski definition) is 1. The molecule has 1 amide bonds. The number of aliphatic hydroxyl groups is 1. The van der Waals surface area contributed by atoms with Gasteiger partial charge in [0, 0.05) is 18.0 Å². The molecule has 90 valence electrons. The van der Waals surface area contributed by atoms with Crippen molar-refractivity contribution < 1.29 is 9.90 Å². The molecular weight excluding hydrogens is 224 g/mol. The van der Waals surface area contributed by atoms with Crippen LogP contribution in [0.1, 0.15) is 24.5 Å². The Morgan fingerprint density at radius 1 is 1.62 bits per heavy atom. The van der Waals surface area contributed by atoms with Gasteiger partial charge in [0.25, 0.3) is 0 Å². The molecule has 0 aliphatic heterocycles. The number of amides is 1. The summed E-state index contributed by atoms with van der Waals surface area (Å²) in [7, 11) is 0. The maximum absolute atomic E-state index is 11.9. The van der Waals surface area contributed by atoms with E-state index in [1.54, 1.807) is 16.2 Å². The third kappa shape index (κ3) is 3.57. The predicted octanol–water partition coefficient (Wildman–Crippen LogP) is 1.22. The van der Waals surface area contributed by atoms with E-state index >= 15 is 0 Å². The summed E-state index contributed by atoms with van der Waals surface area (Å²) in [5, 5.41) is 11.8. The highest BCUT2D eigenvalue weighted by Crippen LogP contribution is 2.10. The molecule has 0 aromatic carbocycles. The Hall–Kier alpha value is -0.940. The highest BCUT2D eigenvalue weighted by molar-refractivity contribution is 7.09. The van der Waals surface area contributed by atoms with Gasteiger partial charge in [-0.15, -0.1) is 11.3 Å². The lowest BCUT2D eigenvalue weighted by atomic mass is 10.2. The van der Waals surface area contributed by atoms with Crippen molar-refractivity contribution in [2.75, 3.05) is 13.2 Å². The minimum absolute atomic E-state index is 0.0000131. The molecule has 0 bridgehead atoms. The second kappa shape index (κ2) is 5.96. The van der Waals surface area contributed by atoms with E-state index in [0.717, 1.165) is 10.7 Å². The van der Waals surface area contributed by atoms with Crippen molar-refractivity contribution in [3.05, 3.63) is 16.1 Å². The molecule has 0 spiro atoms. The zero-order valence-electron chi connectivity index (χ0n) is 9.93. The van der Waals surface area contributed by atoms with E-state index in [1.165, 1.54) is 0 Å². The summed E-state index contributed by atoms with van der Waals surface area (Å²) < 4.78 is 0. The lowest BCUT2D eigenvalue weighted by Gasteiger charge is -2.25. The van der Waals surface area contributed by atoms with Gasteiger partial charge in [-0.05, 0) is 20.8 Å². The molecule has 1 aromatic rings. The van der Waals surface area contributed by atoms with E-state index < -0.39 is 0 Å². The van der Waals surface area contributed by atoms with Gasteiger partial charge in [0.05, 0.1) is 23.7 Å². The molecule has 0 saturated carbocycles. The van der Waals surface area contributed by atoms with Crippen molar-refractivity contribution >= 4 is 17.2 Å².